The predicted octanol–water partition coefficient (Wildman–Crippen LogP) is 3.99. The molecule has 1 saturated carbocycles. The van der Waals surface area contributed by atoms with E-state index in [1.165, 1.54) is 55.6 Å². The van der Waals surface area contributed by atoms with Gasteiger partial charge < -0.3 is 10.6 Å². The standard InChI is InChI=1S/C19H25FN4S/c20-15-8-6-14(7-9-15)17-18(25-19(21)22-17)24-12-10-23(11-13-24)16-4-2-1-3-5-16/h6-9,16H,1-5,10-13H2,(H2,21,22). The number of aromatic nitrogens is 1. The second-order valence-corrected chi connectivity index (χ2v) is 8.04. The lowest BCUT2D eigenvalue weighted by Gasteiger charge is -2.41. The van der Waals surface area contributed by atoms with Gasteiger partial charge in [0.25, 0.3) is 0 Å². The summed E-state index contributed by atoms with van der Waals surface area (Å²) in [5, 5.41) is 1.69. The molecule has 25 heavy (non-hydrogen) atoms. The zero-order valence-electron chi connectivity index (χ0n) is 14.5. The van der Waals surface area contributed by atoms with Crippen LogP contribution in [0.2, 0.25) is 0 Å². The number of nitrogen functional groups attached to an aromatic ring is 1. The Bertz CT molecular complexity index is 701. The molecule has 1 aromatic carbocycles. The quantitative estimate of drug-likeness (QED) is 0.899. The second kappa shape index (κ2) is 7.30. The smallest absolute Gasteiger partial charge is 0.182 e. The molecule has 0 atom stereocenters. The molecule has 2 aliphatic rings. The van der Waals surface area contributed by atoms with E-state index in [4.69, 9.17) is 5.73 Å². The molecule has 0 amide bonds. The lowest BCUT2D eigenvalue weighted by molar-refractivity contribution is 0.148. The van der Waals surface area contributed by atoms with Crippen LogP contribution >= 0.6 is 11.3 Å². The number of nitrogens with two attached hydrogens (primary N) is 1. The summed E-state index contributed by atoms with van der Waals surface area (Å²) in [5.74, 6) is -0.227. The van der Waals surface area contributed by atoms with Gasteiger partial charge in [0, 0.05) is 37.8 Å². The molecule has 1 aliphatic carbocycles. The molecule has 4 nitrogen and oxygen atoms in total. The van der Waals surface area contributed by atoms with E-state index < -0.39 is 0 Å². The van der Waals surface area contributed by atoms with Gasteiger partial charge in [-0.25, -0.2) is 9.37 Å². The zero-order valence-corrected chi connectivity index (χ0v) is 15.3. The lowest BCUT2D eigenvalue weighted by atomic mass is 9.94. The molecule has 2 fully saturated rings. The van der Waals surface area contributed by atoms with Gasteiger partial charge in [-0.1, -0.05) is 30.6 Å². The van der Waals surface area contributed by atoms with Crippen LogP contribution < -0.4 is 10.6 Å². The summed E-state index contributed by atoms with van der Waals surface area (Å²) < 4.78 is 13.2. The van der Waals surface area contributed by atoms with E-state index in [0.29, 0.717) is 5.13 Å². The third kappa shape index (κ3) is 3.65. The summed E-state index contributed by atoms with van der Waals surface area (Å²) in [7, 11) is 0. The van der Waals surface area contributed by atoms with E-state index in [-0.39, 0.29) is 5.82 Å². The summed E-state index contributed by atoms with van der Waals surface area (Å²) in [6.07, 6.45) is 6.87. The number of rotatable bonds is 3. The van der Waals surface area contributed by atoms with Gasteiger partial charge in [-0.2, -0.15) is 0 Å². The van der Waals surface area contributed by atoms with Crippen LogP contribution in [0.3, 0.4) is 0 Å². The number of hydrogen-bond donors (Lipinski definition) is 1. The van der Waals surface area contributed by atoms with Crippen molar-refractivity contribution in [2.75, 3.05) is 36.8 Å². The summed E-state index contributed by atoms with van der Waals surface area (Å²) in [6.45, 7) is 4.22. The summed E-state index contributed by atoms with van der Waals surface area (Å²) >= 11 is 1.54. The van der Waals surface area contributed by atoms with Crippen molar-refractivity contribution < 1.29 is 4.39 Å². The van der Waals surface area contributed by atoms with Crippen molar-refractivity contribution in [2.24, 2.45) is 0 Å². The Kier molecular flexibility index (Phi) is 4.90. The normalized spacial score (nSPS) is 20.1. The van der Waals surface area contributed by atoms with Crippen LogP contribution in [0.4, 0.5) is 14.5 Å². The Morgan fingerprint density at radius 1 is 1.00 bits per heavy atom. The minimum absolute atomic E-state index is 0.227. The van der Waals surface area contributed by atoms with Gasteiger partial charge in [0.05, 0.1) is 0 Å². The first-order chi connectivity index (χ1) is 12.2. The van der Waals surface area contributed by atoms with Crippen LogP contribution in [0.5, 0.6) is 0 Å². The zero-order chi connectivity index (χ0) is 17.2. The number of thiazole rings is 1. The first kappa shape index (κ1) is 16.8. The Morgan fingerprint density at radius 3 is 2.36 bits per heavy atom. The van der Waals surface area contributed by atoms with Crippen molar-refractivity contribution in [1.29, 1.82) is 0 Å². The summed E-state index contributed by atoms with van der Waals surface area (Å²) in [6, 6.07) is 7.31. The molecular weight excluding hydrogens is 335 g/mol. The number of nitrogens with zero attached hydrogens (tertiary/aromatic N) is 3. The van der Waals surface area contributed by atoms with Crippen molar-refractivity contribution in [3.8, 4) is 11.3 Å². The fourth-order valence-corrected chi connectivity index (χ4v) is 4.98. The molecule has 0 radical (unpaired) electrons. The van der Waals surface area contributed by atoms with E-state index in [1.807, 2.05) is 0 Å². The SMILES string of the molecule is Nc1nc(-c2ccc(F)cc2)c(N2CCN(C3CCCCC3)CC2)s1. The Labute approximate surface area is 152 Å². The fourth-order valence-electron chi connectivity index (χ4n) is 4.07. The maximum absolute atomic E-state index is 13.2. The summed E-state index contributed by atoms with van der Waals surface area (Å²) in [4.78, 5) is 9.57. The van der Waals surface area contributed by atoms with Crippen LogP contribution in [0.15, 0.2) is 24.3 Å². The van der Waals surface area contributed by atoms with Gasteiger partial charge in [0.2, 0.25) is 0 Å². The van der Waals surface area contributed by atoms with Gasteiger partial charge in [-0.05, 0) is 37.1 Å². The van der Waals surface area contributed by atoms with Crippen molar-refractivity contribution >= 4 is 21.5 Å². The van der Waals surface area contributed by atoms with Crippen LogP contribution in [-0.4, -0.2) is 42.1 Å². The molecule has 4 rings (SSSR count). The van der Waals surface area contributed by atoms with Crippen LogP contribution in [0.1, 0.15) is 32.1 Å². The maximum Gasteiger partial charge on any atom is 0.182 e. The molecule has 2 N–H and O–H groups in total. The molecule has 1 aromatic heterocycles. The van der Waals surface area contributed by atoms with Crippen LogP contribution in [-0.2, 0) is 0 Å². The average Bonchev–Trinajstić information content (AvgIpc) is 3.05. The molecular formula is C19H25FN4S. The van der Waals surface area contributed by atoms with Gasteiger partial charge in [0.15, 0.2) is 5.13 Å². The van der Waals surface area contributed by atoms with Gasteiger partial charge in [0.1, 0.15) is 16.5 Å². The monoisotopic (exact) mass is 360 g/mol. The lowest BCUT2D eigenvalue weighted by Crippen LogP contribution is -2.50. The average molecular weight is 361 g/mol. The number of benzene rings is 1. The Balaban J connectivity index is 1.48. The van der Waals surface area contributed by atoms with E-state index >= 15 is 0 Å². The third-order valence-corrected chi connectivity index (χ3v) is 6.38. The molecule has 134 valence electrons. The van der Waals surface area contributed by atoms with Crippen molar-refractivity contribution in [3.05, 3.63) is 30.1 Å². The topological polar surface area (TPSA) is 45.4 Å². The second-order valence-electron chi connectivity index (χ2n) is 7.03. The van der Waals surface area contributed by atoms with E-state index in [1.54, 1.807) is 12.1 Å². The van der Waals surface area contributed by atoms with Gasteiger partial charge in [-0.3, -0.25) is 4.90 Å². The molecule has 2 heterocycles. The first-order valence-electron chi connectivity index (χ1n) is 9.22. The third-order valence-electron chi connectivity index (χ3n) is 5.44. The van der Waals surface area contributed by atoms with E-state index in [9.17, 15) is 4.39 Å². The highest BCUT2D eigenvalue weighted by Crippen LogP contribution is 2.38. The largest absolute Gasteiger partial charge is 0.375 e. The van der Waals surface area contributed by atoms with Crippen molar-refractivity contribution in [3.63, 3.8) is 0 Å². The Hall–Kier alpha value is -1.66. The predicted molar refractivity (Wildman–Crippen MR) is 103 cm³/mol. The number of hydrogen-bond acceptors (Lipinski definition) is 5. The maximum atomic E-state index is 13.2. The minimum atomic E-state index is -0.227. The highest BCUT2D eigenvalue weighted by molar-refractivity contribution is 7.19. The Morgan fingerprint density at radius 2 is 1.68 bits per heavy atom. The molecule has 2 aromatic rings. The van der Waals surface area contributed by atoms with Crippen molar-refractivity contribution in [2.45, 2.75) is 38.1 Å². The highest BCUT2D eigenvalue weighted by Gasteiger charge is 2.27. The number of piperazine rings is 1. The molecule has 0 bridgehead atoms. The molecule has 1 saturated heterocycles. The van der Waals surface area contributed by atoms with Crippen LogP contribution in [0.25, 0.3) is 11.3 Å². The number of anilines is 2. The molecule has 0 unspecified atom stereocenters. The molecule has 0 spiro atoms. The molecule has 6 heteroatoms. The minimum Gasteiger partial charge on any atom is -0.375 e. The van der Waals surface area contributed by atoms with Crippen LogP contribution in [0, 0.1) is 5.82 Å². The van der Waals surface area contributed by atoms with Crippen molar-refractivity contribution in [1.82, 2.24) is 9.88 Å². The fraction of sp³-hybridized carbons (Fsp3) is 0.526. The van der Waals surface area contributed by atoms with E-state index in [2.05, 4.69) is 14.8 Å². The number of halogens is 1. The first-order valence-corrected chi connectivity index (χ1v) is 10.0. The summed E-state index contributed by atoms with van der Waals surface area (Å²) in [5.41, 5.74) is 7.81. The highest BCUT2D eigenvalue weighted by atomic mass is 32.1. The van der Waals surface area contributed by atoms with E-state index in [0.717, 1.165) is 48.5 Å². The van der Waals surface area contributed by atoms with Gasteiger partial charge >= 0.3 is 0 Å². The molecule has 1 aliphatic heterocycles. The van der Waals surface area contributed by atoms with Gasteiger partial charge in [-0.15, -0.1) is 0 Å².